The summed E-state index contributed by atoms with van der Waals surface area (Å²) in [6.45, 7) is 7.41. The van der Waals surface area contributed by atoms with Crippen LogP contribution in [0.5, 0.6) is 0 Å². The summed E-state index contributed by atoms with van der Waals surface area (Å²) in [4.78, 5) is 5.19. The highest BCUT2D eigenvalue weighted by molar-refractivity contribution is 5.07. The van der Waals surface area contributed by atoms with Crippen LogP contribution in [0.15, 0.2) is 16.5 Å². The summed E-state index contributed by atoms with van der Waals surface area (Å²) in [6, 6.07) is 5.44. The van der Waals surface area contributed by atoms with E-state index in [1.807, 2.05) is 6.07 Å². The number of furan rings is 1. The van der Waals surface area contributed by atoms with Crippen molar-refractivity contribution in [3.05, 3.63) is 23.7 Å². The largest absolute Gasteiger partial charge is 0.463 e. The van der Waals surface area contributed by atoms with Crippen molar-refractivity contribution < 1.29 is 4.42 Å². The fourth-order valence-corrected chi connectivity index (χ4v) is 3.29. The van der Waals surface area contributed by atoms with E-state index in [9.17, 15) is 0 Å². The van der Waals surface area contributed by atoms with Gasteiger partial charge in [0.05, 0.1) is 13.1 Å². The van der Waals surface area contributed by atoms with E-state index in [0.29, 0.717) is 12.6 Å². The van der Waals surface area contributed by atoms with Crippen LogP contribution in [0, 0.1) is 0 Å². The predicted molar refractivity (Wildman–Crippen MR) is 71.1 cm³/mol. The number of fused-ring (bicyclic) bond motifs is 1. The summed E-state index contributed by atoms with van der Waals surface area (Å²) in [5.41, 5.74) is 5.58. The van der Waals surface area contributed by atoms with Crippen LogP contribution in [0.4, 0.5) is 0 Å². The van der Waals surface area contributed by atoms with Gasteiger partial charge in [0.25, 0.3) is 0 Å². The molecule has 3 heterocycles. The van der Waals surface area contributed by atoms with Crippen molar-refractivity contribution in [2.45, 2.75) is 44.9 Å². The van der Waals surface area contributed by atoms with Crippen LogP contribution in [0.3, 0.4) is 0 Å². The summed E-state index contributed by atoms with van der Waals surface area (Å²) >= 11 is 0. The Morgan fingerprint density at radius 3 is 2.94 bits per heavy atom. The highest BCUT2D eigenvalue weighted by Gasteiger charge is 2.34. The van der Waals surface area contributed by atoms with E-state index >= 15 is 0 Å². The number of piperazine rings is 1. The molecule has 0 aliphatic carbocycles. The number of nitrogens with zero attached hydrogens (tertiary/aromatic N) is 2. The first-order valence-electron chi connectivity index (χ1n) is 7.02. The maximum atomic E-state index is 5.71. The molecule has 1 aromatic rings. The summed E-state index contributed by atoms with van der Waals surface area (Å²) in [6.07, 6.45) is 2.72. The summed E-state index contributed by atoms with van der Waals surface area (Å²) < 4.78 is 5.71. The molecule has 2 aliphatic rings. The second-order valence-electron chi connectivity index (χ2n) is 5.64. The van der Waals surface area contributed by atoms with Crippen LogP contribution < -0.4 is 5.73 Å². The molecule has 2 N–H and O–H groups in total. The van der Waals surface area contributed by atoms with E-state index in [1.165, 1.54) is 32.5 Å². The third-order valence-corrected chi connectivity index (χ3v) is 4.34. The fourth-order valence-electron chi connectivity index (χ4n) is 3.29. The molecule has 0 saturated carbocycles. The van der Waals surface area contributed by atoms with Crippen molar-refractivity contribution >= 4 is 0 Å². The van der Waals surface area contributed by atoms with Gasteiger partial charge in [0, 0.05) is 25.2 Å². The number of hydrogen-bond donors (Lipinski definition) is 1. The highest BCUT2D eigenvalue weighted by atomic mass is 16.3. The predicted octanol–water partition coefficient (Wildman–Crippen LogP) is 1.41. The molecule has 0 spiro atoms. The van der Waals surface area contributed by atoms with Gasteiger partial charge in [-0.25, -0.2) is 0 Å². The first-order chi connectivity index (χ1) is 8.76. The van der Waals surface area contributed by atoms with Crippen LogP contribution in [-0.2, 0) is 13.1 Å². The molecule has 2 atom stereocenters. The number of nitrogens with two attached hydrogens (primary N) is 1. The molecule has 2 fully saturated rings. The van der Waals surface area contributed by atoms with Gasteiger partial charge in [0.15, 0.2) is 0 Å². The van der Waals surface area contributed by atoms with Gasteiger partial charge < -0.3 is 10.2 Å². The Labute approximate surface area is 109 Å². The minimum atomic E-state index is 0.492. The molecule has 0 bridgehead atoms. The van der Waals surface area contributed by atoms with Crippen molar-refractivity contribution in [3.63, 3.8) is 0 Å². The minimum Gasteiger partial charge on any atom is -0.463 e. The lowest BCUT2D eigenvalue weighted by molar-refractivity contribution is 0.0492. The average molecular weight is 249 g/mol. The molecule has 4 heteroatoms. The quantitative estimate of drug-likeness (QED) is 0.879. The van der Waals surface area contributed by atoms with E-state index in [2.05, 4.69) is 22.8 Å². The molecular weight excluding hydrogens is 226 g/mol. The van der Waals surface area contributed by atoms with Crippen LogP contribution in [0.2, 0.25) is 0 Å². The Morgan fingerprint density at radius 1 is 1.33 bits per heavy atom. The molecule has 1 aromatic heterocycles. The van der Waals surface area contributed by atoms with Gasteiger partial charge in [-0.15, -0.1) is 0 Å². The lowest BCUT2D eigenvalue weighted by Gasteiger charge is -2.41. The second kappa shape index (κ2) is 5.03. The lowest BCUT2D eigenvalue weighted by Crippen LogP contribution is -2.54. The van der Waals surface area contributed by atoms with Crippen LogP contribution in [0.1, 0.15) is 31.3 Å². The molecule has 2 saturated heterocycles. The van der Waals surface area contributed by atoms with Crippen LogP contribution in [-0.4, -0.2) is 41.5 Å². The number of rotatable bonds is 3. The van der Waals surface area contributed by atoms with Gasteiger partial charge in [-0.05, 0) is 38.4 Å². The SMILES string of the molecule is CC1CN2CCCC2CN1Cc1ccc(CN)o1. The van der Waals surface area contributed by atoms with E-state index in [-0.39, 0.29) is 0 Å². The Hall–Kier alpha value is -0.840. The Balaban J connectivity index is 1.64. The highest BCUT2D eigenvalue weighted by Crippen LogP contribution is 2.25. The van der Waals surface area contributed by atoms with Gasteiger partial charge >= 0.3 is 0 Å². The molecule has 0 aromatic carbocycles. The topological polar surface area (TPSA) is 45.6 Å². The van der Waals surface area contributed by atoms with Crippen LogP contribution in [0.25, 0.3) is 0 Å². The minimum absolute atomic E-state index is 0.492. The maximum absolute atomic E-state index is 5.71. The second-order valence-corrected chi connectivity index (χ2v) is 5.64. The van der Waals surface area contributed by atoms with Crippen molar-refractivity contribution in [1.82, 2.24) is 9.80 Å². The van der Waals surface area contributed by atoms with Gasteiger partial charge in [-0.2, -0.15) is 0 Å². The molecule has 4 nitrogen and oxygen atoms in total. The molecule has 0 amide bonds. The van der Waals surface area contributed by atoms with Crippen molar-refractivity contribution in [1.29, 1.82) is 0 Å². The van der Waals surface area contributed by atoms with Gasteiger partial charge in [-0.3, -0.25) is 9.80 Å². The smallest absolute Gasteiger partial charge is 0.118 e. The van der Waals surface area contributed by atoms with E-state index in [0.717, 1.165) is 24.1 Å². The van der Waals surface area contributed by atoms with Crippen molar-refractivity contribution in [3.8, 4) is 0 Å². The third-order valence-electron chi connectivity index (χ3n) is 4.34. The zero-order chi connectivity index (χ0) is 12.5. The van der Waals surface area contributed by atoms with Crippen LogP contribution >= 0.6 is 0 Å². The summed E-state index contributed by atoms with van der Waals surface area (Å²) in [5.74, 6) is 1.94. The average Bonchev–Trinajstić information content (AvgIpc) is 2.98. The normalized spacial score (nSPS) is 29.7. The molecule has 2 aliphatic heterocycles. The molecule has 18 heavy (non-hydrogen) atoms. The molecular formula is C14H23N3O. The fraction of sp³-hybridized carbons (Fsp3) is 0.714. The van der Waals surface area contributed by atoms with Gasteiger partial charge in [-0.1, -0.05) is 0 Å². The molecule has 3 rings (SSSR count). The van der Waals surface area contributed by atoms with E-state index in [1.54, 1.807) is 0 Å². The summed E-state index contributed by atoms with van der Waals surface area (Å²) in [7, 11) is 0. The number of hydrogen-bond acceptors (Lipinski definition) is 4. The monoisotopic (exact) mass is 249 g/mol. The Kier molecular flexibility index (Phi) is 3.41. The zero-order valence-corrected chi connectivity index (χ0v) is 11.1. The zero-order valence-electron chi connectivity index (χ0n) is 11.1. The summed E-state index contributed by atoms with van der Waals surface area (Å²) in [5, 5.41) is 0. The Bertz CT molecular complexity index is 403. The van der Waals surface area contributed by atoms with Crippen molar-refractivity contribution in [2.75, 3.05) is 19.6 Å². The van der Waals surface area contributed by atoms with Gasteiger partial charge in [0.2, 0.25) is 0 Å². The first kappa shape index (κ1) is 12.2. The molecule has 2 unspecified atom stereocenters. The maximum Gasteiger partial charge on any atom is 0.118 e. The standard InChI is InChI=1S/C14H23N3O/c1-11-8-16-6-2-3-12(16)9-17(11)10-14-5-4-13(7-15)18-14/h4-5,11-12H,2-3,6-10,15H2,1H3. The third kappa shape index (κ3) is 2.32. The van der Waals surface area contributed by atoms with E-state index in [4.69, 9.17) is 10.2 Å². The molecule has 100 valence electrons. The first-order valence-corrected chi connectivity index (χ1v) is 7.02. The molecule has 0 radical (unpaired) electrons. The Morgan fingerprint density at radius 2 is 2.17 bits per heavy atom. The lowest BCUT2D eigenvalue weighted by atomic mass is 10.1. The van der Waals surface area contributed by atoms with E-state index < -0.39 is 0 Å². The van der Waals surface area contributed by atoms with Crippen molar-refractivity contribution in [2.24, 2.45) is 5.73 Å². The van der Waals surface area contributed by atoms with Gasteiger partial charge in [0.1, 0.15) is 11.5 Å².